The molecular formula is C10H13NO3. The van der Waals surface area contributed by atoms with Gasteiger partial charge in [-0.3, -0.25) is 0 Å². The first-order chi connectivity index (χ1) is 6.43. The van der Waals surface area contributed by atoms with Crippen molar-refractivity contribution in [2.24, 2.45) is 0 Å². The molecule has 0 heterocycles. The van der Waals surface area contributed by atoms with Crippen molar-refractivity contribution in [1.29, 1.82) is 5.26 Å². The summed E-state index contributed by atoms with van der Waals surface area (Å²) in [5, 5.41) is 8.37. The van der Waals surface area contributed by atoms with Crippen molar-refractivity contribution in [3.8, 4) is 6.07 Å². The molecule has 4 heteroatoms. The van der Waals surface area contributed by atoms with Crippen LogP contribution in [0.15, 0.2) is 24.8 Å². The van der Waals surface area contributed by atoms with E-state index in [1.807, 2.05) is 0 Å². The fourth-order valence-electron chi connectivity index (χ4n) is 0.620. The van der Waals surface area contributed by atoms with Crippen molar-refractivity contribution >= 4 is 5.97 Å². The number of nitriles is 1. The average molecular weight is 195 g/mol. The number of carbonyl (C=O) groups excluding carboxylic acids is 1. The summed E-state index contributed by atoms with van der Waals surface area (Å²) in [4.78, 5) is 11.1. The molecule has 0 aliphatic rings. The number of nitrogens with zero attached hydrogens (tertiary/aromatic N) is 1. The van der Waals surface area contributed by atoms with Gasteiger partial charge < -0.3 is 9.47 Å². The van der Waals surface area contributed by atoms with Gasteiger partial charge in [0.25, 0.3) is 0 Å². The predicted octanol–water partition coefficient (Wildman–Crippen LogP) is 1.55. The second-order valence-electron chi connectivity index (χ2n) is 2.98. The summed E-state index contributed by atoms with van der Waals surface area (Å²) in [5.74, 6) is -1.85. The summed E-state index contributed by atoms with van der Waals surface area (Å²) in [6.07, 6.45) is 1.54. The molecule has 0 fully saturated rings. The van der Waals surface area contributed by atoms with Crippen LogP contribution in [0.4, 0.5) is 0 Å². The molecule has 4 nitrogen and oxygen atoms in total. The molecule has 0 saturated heterocycles. The van der Waals surface area contributed by atoms with Gasteiger partial charge in [0.05, 0.1) is 6.61 Å². The molecule has 0 bridgehead atoms. The molecule has 0 N–H and O–H groups in total. The molecule has 0 spiro atoms. The molecule has 0 unspecified atom stereocenters. The minimum Gasteiger partial charge on any atom is -0.430 e. The zero-order valence-corrected chi connectivity index (χ0v) is 8.37. The summed E-state index contributed by atoms with van der Waals surface area (Å²) in [6.45, 7) is 10.1. The highest BCUT2D eigenvalue weighted by atomic mass is 16.7. The SMILES string of the molecule is C=CCOC(C)(C)OC(=O)C(=C)C#N. The third kappa shape index (κ3) is 4.43. The summed E-state index contributed by atoms with van der Waals surface area (Å²) < 4.78 is 9.99. The van der Waals surface area contributed by atoms with Crippen LogP contribution in [0.5, 0.6) is 0 Å². The van der Waals surface area contributed by atoms with Crippen molar-refractivity contribution in [2.75, 3.05) is 6.61 Å². The van der Waals surface area contributed by atoms with E-state index in [4.69, 9.17) is 14.7 Å². The second-order valence-corrected chi connectivity index (χ2v) is 2.98. The molecule has 0 atom stereocenters. The molecule has 0 radical (unpaired) electrons. The van der Waals surface area contributed by atoms with E-state index in [0.29, 0.717) is 0 Å². The van der Waals surface area contributed by atoms with Crippen molar-refractivity contribution in [1.82, 2.24) is 0 Å². The van der Waals surface area contributed by atoms with Gasteiger partial charge in [0.15, 0.2) is 0 Å². The summed E-state index contributed by atoms with van der Waals surface area (Å²) in [5.41, 5.74) is -0.250. The van der Waals surface area contributed by atoms with E-state index in [2.05, 4.69) is 13.2 Å². The Bertz CT molecular complexity index is 286. The Morgan fingerprint density at radius 3 is 2.64 bits per heavy atom. The lowest BCUT2D eigenvalue weighted by Crippen LogP contribution is -2.31. The van der Waals surface area contributed by atoms with Crippen LogP contribution in [-0.4, -0.2) is 18.4 Å². The van der Waals surface area contributed by atoms with Crippen molar-refractivity contribution in [3.63, 3.8) is 0 Å². The number of hydrogen-bond donors (Lipinski definition) is 0. The maximum absolute atomic E-state index is 11.1. The number of rotatable bonds is 5. The topological polar surface area (TPSA) is 59.3 Å². The molecule has 0 aliphatic carbocycles. The molecule has 0 aromatic heterocycles. The van der Waals surface area contributed by atoms with E-state index in [1.165, 1.54) is 6.08 Å². The number of carbonyl (C=O) groups is 1. The quantitative estimate of drug-likeness (QED) is 0.219. The fraction of sp³-hybridized carbons (Fsp3) is 0.400. The molecule has 0 amide bonds. The highest BCUT2D eigenvalue weighted by Crippen LogP contribution is 2.13. The van der Waals surface area contributed by atoms with Crippen LogP contribution in [-0.2, 0) is 14.3 Å². The first-order valence-corrected chi connectivity index (χ1v) is 4.00. The first-order valence-electron chi connectivity index (χ1n) is 4.00. The highest BCUT2D eigenvalue weighted by molar-refractivity contribution is 5.92. The lowest BCUT2D eigenvalue weighted by Gasteiger charge is -2.24. The van der Waals surface area contributed by atoms with Gasteiger partial charge in [-0.15, -0.1) is 6.58 Å². The minimum atomic E-state index is -1.08. The fourth-order valence-corrected chi connectivity index (χ4v) is 0.620. The molecular weight excluding hydrogens is 182 g/mol. The Balaban J connectivity index is 4.22. The predicted molar refractivity (Wildman–Crippen MR) is 51.1 cm³/mol. The average Bonchev–Trinajstić information content (AvgIpc) is 2.12. The Kier molecular flexibility index (Phi) is 4.60. The van der Waals surface area contributed by atoms with E-state index in [9.17, 15) is 4.79 Å². The Hall–Kier alpha value is -1.60. The smallest absolute Gasteiger partial charge is 0.350 e. The van der Waals surface area contributed by atoms with Crippen LogP contribution in [0.25, 0.3) is 0 Å². The van der Waals surface area contributed by atoms with Gasteiger partial charge in [-0.1, -0.05) is 12.7 Å². The normalized spacial score (nSPS) is 10.1. The van der Waals surface area contributed by atoms with Gasteiger partial charge in [-0.25, -0.2) is 4.79 Å². The Morgan fingerprint density at radius 2 is 2.21 bits per heavy atom. The molecule has 0 aromatic rings. The molecule has 14 heavy (non-hydrogen) atoms. The Morgan fingerprint density at radius 1 is 1.64 bits per heavy atom. The monoisotopic (exact) mass is 195 g/mol. The van der Waals surface area contributed by atoms with Gasteiger partial charge in [0, 0.05) is 13.8 Å². The first kappa shape index (κ1) is 12.4. The third-order valence-corrected chi connectivity index (χ3v) is 1.27. The van der Waals surface area contributed by atoms with E-state index < -0.39 is 11.8 Å². The summed E-state index contributed by atoms with van der Waals surface area (Å²) in [7, 11) is 0. The maximum atomic E-state index is 11.1. The number of hydrogen-bond acceptors (Lipinski definition) is 4. The molecule has 0 aliphatic heterocycles. The second kappa shape index (κ2) is 5.20. The van der Waals surface area contributed by atoms with Gasteiger partial charge >= 0.3 is 5.97 Å². The third-order valence-electron chi connectivity index (χ3n) is 1.27. The van der Waals surface area contributed by atoms with Crippen LogP contribution in [0.1, 0.15) is 13.8 Å². The van der Waals surface area contributed by atoms with Crippen LogP contribution >= 0.6 is 0 Å². The van der Waals surface area contributed by atoms with Crippen LogP contribution in [0.2, 0.25) is 0 Å². The zero-order valence-electron chi connectivity index (χ0n) is 8.37. The highest BCUT2D eigenvalue weighted by Gasteiger charge is 2.24. The van der Waals surface area contributed by atoms with Gasteiger partial charge in [0.1, 0.15) is 11.6 Å². The van der Waals surface area contributed by atoms with E-state index >= 15 is 0 Å². The molecule has 0 saturated carbocycles. The van der Waals surface area contributed by atoms with Gasteiger partial charge in [-0.05, 0) is 0 Å². The number of ether oxygens (including phenoxy) is 2. The van der Waals surface area contributed by atoms with Gasteiger partial charge in [-0.2, -0.15) is 5.26 Å². The largest absolute Gasteiger partial charge is 0.430 e. The molecule has 0 aromatic carbocycles. The van der Waals surface area contributed by atoms with Crippen LogP contribution in [0.3, 0.4) is 0 Å². The van der Waals surface area contributed by atoms with Crippen LogP contribution < -0.4 is 0 Å². The lowest BCUT2D eigenvalue weighted by atomic mass is 10.3. The molecule has 76 valence electrons. The van der Waals surface area contributed by atoms with Crippen molar-refractivity contribution in [2.45, 2.75) is 19.6 Å². The van der Waals surface area contributed by atoms with Crippen molar-refractivity contribution < 1.29 is 14.3 Å². The molecule has 0 rings (SSSR count). The number of esters is 1. The summed E-state index contributed by atoms with van der Waals surface area (Å²) in [6, 6.07) is 1.60. The Labute approximate surface area is 83.4 Å². The summed E-state index contributed by atoms with van der Waals surface area (Å²) >= 11 is 0. The van der Waals surface area contributed by atoms with Crippen LogP contribution in [0, 0.1) is 11.3 Å². The zero-order chi connectivity index (χ0) is 11.2. The lowest BCUT2D eigenvalue weighted by molar-refractivity contribution is -0.207. The van der Waals surface area contributed by atoms with E-state index in [1.54, 1.807) is 19.9 Å². The van der Waals surface area contributed by atoms with Crippen molar-refractivity contribution in [3.05, 3.63) is 24.8 Å². The van der Waals surface area contributed by atoms with Gasteiger partial charge in [0.2, 0.25) is 5.79 Å². The standard InChI is InChI=1S/C10H13NO3/c1-5-6-13-10(3,4)14-9(12)8(2)7-11/h5H,1-2,6H2,3-4H3. The minimum absolute atomic E-state index is 0.250. The van der Waals surface area contributed by atoms with E-state index in [0.717, 1.165) is 0 Å². The van der Waals surface area contributed by atoms with E-state index in [-0.39, 0.29) is 12.2 Å². The maximum Gasteiger partial charge on any atom is 0.350 e.